The molecule has 1 aliphatic rings. The zero-order chi connectivity index (χ0) is 20.7. The zero-order valence-electron chi connectivity index (χ0n) is 17.4. The van der Waals surface area contributed by atoms with E-state index >= 15 is 0 Å². The second kappa shape index (κ2) is 9.71. The van der Waals surface area contributed by atoms with Gasteiger partial charge in [-0.2, -0.15) is 0 Å². The van der Waals surface area contributed by atoms with E-state index in [1.54, 1.807) is 18.9 Å². The fourth-order valence-electron chi connectivity index (χ4n) is 3.52. The Morgan fingerprint density at radius 3 is 2.32 bits per heavy atom. The van der Waals surface area contributed by atoms with Crippen LogP contribution in [0.2, 0.25) is 0 Å². The molecule has 1 saturated heterocycles. The van der Waals surface area contributed by atoms with E-state index < -0.39 is 0 Å². The van der Waals surface area contributed by atoms with Gasteiger partial charge in [0.05, 0.1) is 19.1 Å². The summed E-state index contributed by atoms with van der Waals surface area (Å²) in [6, 6.07) is 9.93. The Hall–Kier alpha value is -2.37. The average molecular weight is 389 g/mol. The van der Waals surface area contributed by atoms with Crippen LogP contribution < -0.4 is 0 Å². The number of rotatable bonds is 7. The second-order valence-corrected chi connectivity index (χ2v) is 8.08. The van der Waals surface area contributed by atoms with Gasteiger partial charge in [-0.05, 0) is 30.7 Å². The summed E-state index contributed by atoms with van der Waals surface area (Å²) in [5.41, 5.74) is 0.803. The molecular formula is C22H32N2O4. The highest BCUT2D eigenvalue weighted by Crippen LogP contribution is 2.27. The number of hydrogen-bond acceptors (Lipinski definition) is 4. The van der Waals surface area contributed by atoms with Crippen molar-refractivity contribution in [1.29, 1.82) is 0 Å². The molecule has 2 amide bonds. The number of carbonyl (C=O) groups is 3. The minimum Gasteiger partial charge on any atom is -0.466 e. The number of ether oxygens (including phenoxy) is 1. The first kappa shape index (κ1) is 21.9. The number of hydrogen-bond donors (Lipinski definition) is 0. The van der Waals surface area contributed by atoms with Crippen molar-refractivity contribution >= 4 is 17.8 Å². The topological polar surface area (TPSA) is 66.9 Å². The van der Waals surface area contributed by atoms with Gasteiger partial charge in [-0.15, -0.1) is 0 Å². The summed E-state index contributed by atoms with van der Waals surface area (Å²) in [7, 11) is 1.67. The number of likely N-dealkylation sites (tertiary alicyclic amines) is 1. The van der Waals surface area contributed by atoms with E-state index in [1.165, 1.54) is 4.90 Å². The van der Waals surface area contributed by atoms with Gasteiger partial charge >= 0.3 is 5.97 Å². The molecular weight excluding hydrogens is 356 g/mol. The maximum absolute atomic E-state index is 12.7. The SMILES string of the molecule is CCOC(=O)C1CCN(C(=O)CN(C)C(=O)CC(C)(C)c2ccccc2)CC1. The van der Waals surface area contributed by atoms with Crippen LogP contribution in [0, 0.1) is 5.92 Å². The van der Waals surface area contributed by atoms with Crippen LogP contribution >= 0.6 is 0 Å². The minimum absolute atomic E-state index is 0.0522. The largest absolute Gasteiger partial charge is 0.466 e. The molecule has 0 unspecified atom stereocenters. The number of esters is 1. The first-order valence-corrected chi connectivity index (χ1v) is 9.98. The molecule has 1 aliphatic heterocycles. The van der Waals surface area contributed by atoms with E-state index in [1.807, 2.05) is 44.2 Å². The van der Waals surface area contributed by atoms with Crippen LogP contribution in [-0.2, 0) is 24.5 Å². The van der Waals surface area contributed by atoms with Crippen molar-refractivity contribution < 1.29 is 19.1 Å². The summed E-state index contributed by atoms with van der Waals surface area (Å²) in [6.07, 6.45) is 1.57. The molecule has 28 heavy (non-hydrogen) atoms. The van der Waals surface area contributed by atoms with E-state index in [-0.39, 0.29) is 35.7 Å². The Bertz CT molecular complexity index is 679. The molecule has 1 aromatic rings. The van der Waals surface area contributed by atoms with Crippen LogP contribution in [0.4, 0.5) is 0 Å². The zero-order valence-corrected chi connectivity index (χ0v) is 17.4. The molecule has 0 atom stereocenters. The summed E-state index contributed by atoms with van der Waals surface area (Å²) in [5, 5.41) is 0. The molecule has 0 bridgehead atoms. The van der Waals surface area contributed by atoms with Gasteiger partial charge in [-0.25, -0.2) is 0 Å². The van der Waals surface area contributed by atoms with E-state index in [4.69, 9.17) is 4.74 Å². The molecule has 0 radical (unpaired) electrons. The van der Waals surface area contributed by atoms with Gasteiger partial charge in [0, 0.05) is 26.6 Å². The molecule has 6 heteroatoms. The molecule has 2 rings (SSSR count). The summed E-state index contributed by atoms with van der Waals surface area (Å²) in [5.74, 6) is -0.431. The molecule has 0 aromatic heterocycles. The number of piperidine rings is 1. The highest BCUT2D eigenvalue weighted by Gasteiger charge is 2.30. The van der Waals surface area contributed by atoms with Crippen molar-refractivity contribution in [3.05, 3.63) is 35.9 Å². The summed E-state index contributed by atoms with van der Waals surface area (Å²) in [4.78, 5) is 40.3. The number of nitrogens with zero attached hydrogens (tertiary/aromatic N) is 2. The molecule has 1 heterocycles. The Labute approximate surface area is 167 Å². The van der Waals surface area contributed by atoms with Crippen molar-refractivity contribution in [2.75, 3.05) is 33.3 Å². The molecule has 1 aromatic carbocycles. The van der Waals surface area contributed by atoms with E-state index in [0.717, 1.165) is 5.56 Å². The van der Waals surface area contributed by atoms with Gasteiger partial charge < -0.3 is 14.5 Å². The Kier molecular flexibility index (Phi) is 7.61. The van der Waals surface area contributed by atoms with Crippen molar-refractivity contribution in [3.63, 3.8) is 0 Å². The van der Waals surface area contributed by atoms with Crippen molar-refractivity contribution in [2.45, 2.75) is 45.4 Å². The van der Waals surface area contributed by atoms with Crippen molar-refractivity contribution in [1.82, 2.24) is 9.80 Å². The predicted octanol–water partition coefficient (Wildman–Crippen LogP) is 2.61. The van der Waals surface area contributed by atoms with Crippen LogP contribution in [0.3, 0.4) is 0 Å². The van der Waals surface area contributed by atoms with Crippen molar-refractivity contribution in [2.24, 2.45) is 5.92 Å². The quantitative estimate of drug-likeness (QED) is 0.674. The van der Waals surface area contributed by atoms with Gasteiger partial charge in [0.1, 0.15) is 0 Å². The molecule has 0 N–H and O–H groups in total. The first-order chi connectivity index (χ1) is 13.2. The number of carbonyl (C=O) groups excluding carboxylic acids is 3. The van der Waals surface area contributed by atoms with Crippen LogP contribution in [0.1, 0.15) is 45.6 Å². The van der Waals surface area contributed by atoms with Crippen LogP contribution in [-0.4, -0.2) is 60.9 Å². The van der Waals surface area contributed by atoms with Gasteiger partial charge in [0.25, 0.3) is 0 Å². The second-order valence-electron chi connectivity index (χ2n) is 8.08. The van der Waals surface area contributed by atoms with Crippen LogP contribution in [0.5, 0.6) is 0 Å². The fraction of sp³-hybridized carbons (Fsp3) is 0.591. The van der Waals surface area contributed by atoms with Gasteiger partial charge in [-0.3, -0.25) is 14.4 Å². The van der Waals surface area contributed by atoms with E-state index in [9.17, 15) is 14.4 Å². The van der Waals surface area contributed by atoms with Gasteiger partial charge in [0.2, 0.25) is 11.8 Å². The smallest absolute Gasteiger partial charge is 0.309 e. The van der Waals surface area contributed by atoms with Gasteiger partial charge in [-0.1, -0.05) is 44.2 Å². The Morgan fingerprint density at radius 2 is 1.75 bits per heavy atom. The number of benzene rings is 1. The van der Waals surface area contributed by atoms with E-state index in [2.05, 4.69) is 0 Å². The first-order valence-electron chi connectivity index (χ1n) is 9.98. The fourth-order valence-corrected chi connectivity index (χ4v) is 3.52. The summed E-state index contributed by atoms with van der Waals surface area (Å²) in [6.45, 7) is 7.37. The van der Waals surface area contributed by atoms with Crippen LogP contribution in [0.15, 0.2) is 30.3 Å². The lowest BCUT2D eigenvalue weighted by Crippen LogP contribution is -2.46. The number of amides is 2. The van der Waals surface area contributed by atoms with E-state index in [0.29, 0.717) is 39.0 Å². The van der Waals surface area contributed by atoms with Crippen molar-refractivity contribution in [3.8, 4) is 0 Å². The standard InChI is InChI=1S/C22H32N2O4/c1-5-28-21(27)17-11-13-24(14-12-17)20(26)16-23(4)19(25)15-22(2,3)18-9-7-6-8-10-18/h6-10,17H,5,11-16H2,1-4H3. The molecule has 154 valence electrons. The predicted molar refractivity (Wildman–Crippen MR) is 108 cm³/mol. The summed E-state index contributed by atoms with van der Waals surface area (Å²) < 4.78 is 5.06. The Morgan fingerprint density at radius 1 is 1.14 bits per heavy atom. The third-order valence-corrected chi connectivity index (χ3v) is 5.41. The lowest BCUT2D eigenvalue weighted by Gasteiger charge is -2.33. The summed E-state index contributed by atoms with van der Waals surface area (Å²) >= 11 is 0. The highest BCUT2D eigenvalue weighted by molar-refractivity contribution is 5.85. The lowest BCUT2D eigenvalue weighted by atomic mass is 9.81. The molecule has 0 spiro atoms. The normalized spacial score (nSPS) is 15.2. The molecule has 6 nitrogen and oxygen atoms in total. The third kappa shape index (κ3) is 5.81. The maximum atomic E-state index is 12.7. The highest BCUT2D eigenvalue weighted by atomic mass is 16.5. The molecule has 0 aliphatic carbocycles. The van der Waals surface area contributed by atoms with Gasteiger partial charge in [0.15, 0.2) is 0 Å². The van der Waals surface area contributed by atoms with Crippen LogP contribution in [0.25, 0.3) is 0 Å². The Balaban J connectivity index is 1.83. The molecule has 1 fully saturated rings. The lowest BCUT2D eigenvalue weighted by molar-refractivity contribution is -0.151. The third-order valence-electron chi connectivity index (χ3n) is 5.41. The molecule has 0 saturated carbocycles. The minimum atomic E-state index is -0.298. The average Bonchev–Trinajstić information content (AvgIpc) is 2.68. The monoisotopic (exact) mass is 388 g/mol. The number of likely N-dealkylation sites (N-methyl/N-ethyl adjacent to an activating group) is 1. The maximum Gasteiger partial charge on any atom is 0.309 e.